The van der Waals surface area contributed by atoms with Gasteiger partial charge >= 0.3 is 0 Å². The Bertz CT molecular complexity index is 682. The number of carbonyl (C=O) groups excluding carboxylic acids is 1. The van der Waals surface area contributed by atoms with E-state index in [4.69, 9.17) is 21.6 Å². The van der Waals surface area contributed by atoms with E-state index in [-0.39, 0.29) is 56.5 Å². The van der Waals surface area contributed by atoms with Crippen LogP contribution in [-0.2, 0) is 37.5 Å². The van der Waals surface area contributed by atoms with Crippen LogP contribution in [0.15, 0.2) is 18.2 Å². The van der Waals surface area contributed by atoms with Crippen LogP contribution >= 0.6 is 27.5 Å². The van der Waals surface area contributed by atoms with Gasteiger partial charge in [-0.3, -0.25) is 4.79 Å². The van der Waals surface area contributed by atoms with Crippen LogP contribution in [-0.4, -0.2) is 35.2 Å². The number of alkyl halides is 3. The molecule has 125 valence electrons. The van der Waals surface area contributed by atoms with Crippen molar-refractivity contribution < 1.29 is 51.0 Å². The van der Waals surface area contributed by atoms with Crippen molar-refractivity contribution in [2.24, 2.45) is 0 Å². The summed E-state index contributed by atoms with van der Waals surface area (Å²) in [4.78, 5) is 12.5. The first kappa shape index (κ1) is 21.5. The Kier molecular flexibility index (Phi) is 8.79. The van der Waals surface area contributed by atoms with Crippen LogP contribution in [0.2, 0.25) is 5.02 Å². The van der Waals surface area contributed by atoms with E-state index in [1.165, 1.54) is 6.07 Å². The minimum absolute atomic E-state index is 0. The monoisotopic (exact) mass is 492 g/mol. The zero-order chi connectivity index (χ0) is 17.0. The van der Waals surface area contributed by atoms with Crippen LogP contribution in [0, 0.1) is 17.4 Å². The molecule has 0 fully saturated rings. The molecule has 24 heavy (non-hydrogen) atoms. The van der Waals surface area contributed by atoms with Crippen LogP contribution in [0.1, 0.15) is 12.0 Å². The van der Waals surface area contributed by atoms with Gasteiger partial charge in [-0.15, -0.1) is 28.9 Å². The summed E-state index contributed by atoms with van der Waals surface area (Å²) < 4.78 is 30.7. The van der Waals surface area contributed by atoms with Gasteiger partial charge < -0.3 is 9.64 Å². The van der Waals surface area contributed by atoms with Crippen molar-refractivity contribution in [3.05, 3.63) is 34.9 Å². The van der Waals surface area contributed by atoms with E-state index < -0.39 is 23.7 Å². The number of allylic oxidation sites excluding steroid dienone is 1. The summed E-state index contributed by atoms with van der Waals surface area (Å²) in [5.41, 5.74) is 0.632. The summed E-state index contributed by atoms with van der Waals surface area (Å²) in [5.74, 6) is -0.0817. The first-order valence-corrected chi connectivity index (χ1v) is 7.87. The second-order valence-electron chi connectivity index (χ2n) is 4.63. The van der Waals surface area contributed by atoms with Crippen molar-refractivity contribution in [2.75, 3.05) is 13.2 Å². The number of benzene rings is 1. The Labute approximate surface area is 176 Å². The molecular formula is C15H11BrClF2N2O2Y-. The Morgan fingerprint density at radius 1 is 1.54 bits per heavy atom. The van der Waals surface area contributed by atoms with Crippen molar-refractivity contribution >= 4 is 39.1 Å². The summed E-state index contributed by atoms with van der Waals surface area (Å²) in [5, 5.41) is 8.71. The molecule has 1 atom stereocenters. The Morgan fingerprint density at radius 3 is 2.83 bits per heavy atom. The van der Waals surface area contributed by atoms with Gasteiger partial charge in [0.15, 0.2) is 6.61 Å². The van der Waals surface area contributed by atoms with Crippen molar-refractivity contribution in [3.8, 4) is 11.8 Å². The minimum atomic E-state index is -2.68. The van der Waals surface area contributed by atoms with Crippen LogP contribution in [0.3, 0.4) is 0 Å². The molecule has 1 aliphatic heterocycles. The average Bonchev–Trinajstić information content (AvgIpc) is 2.50. The Hall–Kier alpha value is -0.546. The van der Waals surface area contributed by atoms with Crippen LogP contribution in [0.4, 0.5) is 8.78 Å². The Morgan fingerprint density at radius 2 is 2.25 bits per heavy atom. The zero-order valence-electron chi connectivity index (χ0n) is 12.3. The standard InChI is InChI=1S/C15H11BrClF2N2O2.Y/c16-11-3-4-13(21(15(11)22)8-14(18)19)10-2-1-9(7-12(10)17)23-6-5-20;/h1-2,7,11,14H,3,6,8H2;/q-1;. The Balaban J connectivity index is 0.00000288. The molecule has 1 unspecified atom stereocenters. The third kappa shape index (κ3) is 5.22. The third-order valence-electron chi connectivity index (χ3n) is 3.07. The van der Waals surface area contributed by atoms with E-state index in [2.05, 4.69) is 22.0 Å². The van der Waals surface area contributed by atoms with Gasteiger partial charge in [0.1, 0.15) is 11.8 Å². The molecule has 0 bridgehead atoms. The van der Waals surface area contributed by atoms with Gasteiger partial charge in [-0.25, -0.2) is 14.9 Å². The number of carbonyl (C=O) groups is 1. The molecule has 1 heterocycles. The maximum atomic E-state index is 12.8. The number of hydrogen-bond acceptors (Lipinski definition) is 3. The fourth-order valence-corrected chi connectivity index (χ4v) is 2.77. The van der Waals surface area contributed by atoms with Gasteiger partial charge in [-0.05, 0) is 17.2 Å². The third-order valence-corrected chi connectivity index (χ3v) is 4.10. The van der Waals surface area contributed by atoms with E-state index in [0.717, 1.165) is 4.90 Å². The van der Waals surface area contributed by atoms with E-state index in [0.29, 0.717) is 11.3 Å². The van der Waals surface area contributed by atoms with Gasteiger partial charge in [-0.1, -0.05) is 22.4 Å². The molecule has 1 aliphatic rings. The molecule has 0 saturated carbocycles. The molecule has 0 aliphatic carbocycles. The molecule has 1 radical (unpaired) electrons. The maximum absolute atomic E-state index is 12.8. The molecular weight excluding hydrogens is 482 g/mol. The van der Waals surface area contributed by atoms with Crippen molar-refractivity contribution in [3.63, 3.8) is 0 Å². The first-order chi connectivity index (χ1) is 10.9. The van der Waals surface area contributed by atoms with Crippen molar-refractivity contribution in [1.82, 2.24) is 4.90 Å². The smallest absolute Gasteiger partial charge is 0.256 e. The number of nitrogens with zero attached hydrogens (tertiary/aromatic N) is 2. The van der Waals surface area contributed by atoms with E-state index in [1.807, 2.05) is 6.07 Å². The molecule has 2 rings (SSSR count). The number of rotatable bonds is 5. The summed E-state index contributed by atoms with van der Waals surface area (Å²) in [6.45, 7) is -0.863. The van der Waals surface area contributed by atoms with E-state index >= 15 is 0 Å². The summed E-state index contributed by atoms with van der Waals surface area (Å²) in [6, 6.07) is 6.40. The number of nitriles is 1. The second-order valence-corrected chi connectivity index (χ2v) is 6.14. The van der Waals surface area contributed by atoms with Gasteiger partial charge in [-0.2, -0.15) is 5.26 Å². The van der Waals surface area contributed by atoms with Gasteiger partial charge in [0, 0.05) is 32.7 Å². The summed E-state index contributed by atoms with van der Waals surface area (Å²) in [7, 11) is 0. The molecule has 1 aromatic carbocycles. The number of hydrogen-bond donors (Lipinski definition) is 0. The van der Waals surface area contributed by atoms with Crippen LogP contribution < -0.4 is 4.74 Å². The molecule has 0 saturated heterocycles. The minimum Gasteiger partial charge on any atom is -0.479 e. The molecule has 9 heteroatoms. The molecule has 0 spiro atoms. The maximum Gasteiger partial charge on any atom is 0.256 e. The van der Waals surface area contributed by atoms with Crippen LogP contribution in [0.5, 0.6) is 5.75 Å². The first-order valence-electron chi connectivity index (χ1n) is 6.58. The predicted octanol–water partition coefficient (Wildman–Crippen LogP) is 3.64. The molecule has 1 amide bonds. The fourth-order valence-electron chi connectivity index (χ4n) is 2.10. The van der Waals surface area contributed by atoms with Gasteiger partial charge in [0.2, 0.25) is 5.91 Å². The topological polar surface area (TPSA) is 53.3 Å². The molecule has 0 aromatic heterocycles. The van der Waals surface area contributed by atoms with E-state index in [1.54, 1.807) is 12.1 Å². The quantitative estimate of drug-likeness (QED) is 0.465. The predicted molar refractivity (Wildman–Crippen MR) is 84.3 cm³/mol. The van der Waals surface area contributed by atoms with Gasteiger partial charge in [0.25, 0.3) is 6.43 Å². The summed E-state index contributed by atoms with van der Waals surface area (Å²) >= 11 is 9.31. The van der Waals surface area contributed by atoms with Crippen molar-refractivity contribution in [2.45, 2.75) is 17.7 Å². The van der Waals surface area contributed by atoms with Crippen molar-refractivity contribution in [1.29, 1.82) is 5.26 Å². The van der Waals surface area contributed by atoms with Crippen LogP contribution in [0.25, 0.3) is 5.70 Å². The normalized spacial score (nSPS) is 17.2. The SMILES string of the molecule is N#CCOc1ccc(C2=[C-]CC(Br)C(=O)N2CC(F)F)c(Cl)c1.[Y]. The number of halogens is 4. The second kappa shape index (κ2) is 9.81. The molecule has 1 aromatic rings. The van der Waals surface area contributed by atoms with Gasteiger partial charge in [0.05, 0.1) is 11.4 Å². The van der Waals surface area contributed by atoms with E-state index in [9.17, 15) is 13.6 Å². The average molecular weight is 494 g/mol. The summed E-state index contributed by atoms with van der Waals surface area (Å²) in [6.07, 6.45) is 0.524. The number of amides is 1. The largest absolute Gasteiger partial charge is 0.479 e. The molecule has 4 nitrogen and oxygen atoms in total. The fraction of sp³-hybridized carbons (Fsp3) is 0.333. The molecule has 0 N–H and O–H groups in total. The zero-order valence-corrected chi connectivity index (χ0v) is 17.5. The number of ether oxygens (including phenoxy) is 1.